The number of amides is 2. The number of carbonyl (C=O) groups excluding carboxylic acids is 2. The van der Waals surface area contributed by atoms with Crippen LogP contribution in [0.3, 0.4) is 0 Å². The van der Waals surface area contributed by atoms with Gasteiger partial charge in [-0.1, -0.05) is 66.7 Å². The predicted octanol–water partition coefficient (Wildman–Crippen LogP) is 3.75. The molecule has 34 heavy (non-hydrogen) atoms. The van der Waals surface area contributed by atoms with Crippen LogP contribution in [0.25, 0.3) is 17.0 Å². The number of carboxylic acid groups (broad SMARTS) is 1. The molecular formula is C27H23N3O4. The Morgan fingerprint density at radius 3 is 2.24 bits per heavy atom. The first kappa shape index (κ1) is 22.5. The van der Waals surface area contributed by atoms with E-state index in [2.05, 4.69) is 15.6 Å². The molecule has 0 fully saturated rings. The van der Waals surface area contributed by atoms with Gasteiger partial charge in [-0.25, -0.2) is 4.79 Å². The van der Waals surface area contributed by atoms with Crippen molar-refractivity contribution in [3.05, 3.63) is 114 Å². The zero-order valence-electron chi connectivity index (χ0n) is 18.2. The minimum absolute atomic E-state index is 0.0507. The van der Waals surface area contributed by atoms with E-state index >= 15 is 0 Å². The summed E-state index contributed by atoms with van der Waals surface area (Å²) in [6, 6.07) is 23.8. The van der Waals surface area contributed by atoms with Crippen molar-refractivity contribution in [3.8, 4) is 0 Å². The Hall–Kier alpha value is -4.65. The standard InChI is InChI=1S/C27H23N3O4/c31-25(19-11-5-2-6-12-19)29-23(15-18-9-3-1-4-10-18)26(32)30-24(27(33)34)16-20-17-28-22-14-8-7-13-21(20)22/h1-15,17,24,28H,16H2,(H,29,31)(H,30,32)(H,33,34)/t24-/m0/s1. The van der Waals surface area contributed by atoms with Gasteiger partial charge < -0.3 is 20.7 Å². The maximum Gasteiger partial charge on any atom is 0.326 e. The largest absolute Gasteiger partial charge is 0.480 e. The molecule has 7 heteroatoms. The van der Waals surface area contributed by atoms with Gasteiger partial charge in [0.1, 0.15) is 11.7 Å². The van der Waals surface area contributed by atoms with E-state index in [0.717, 1.165) is 16.5 Å². The quantitative estimate of drug-likeness (QED) is 0.305. The lowest BCUT2D eigenvalue weighted by atomic mass is 10.0. The third-order valence-corrected chi connectivity index (χ3v) is 5.34. The number of aromatic nitrogens is 1. The zero-order valence-corrected chi connectivity index (χ0v) is 18.2. The van der Waals surface area contributed by atoms with Crippen LogP contribution in [0.2, 0.25) is 0 Å². The van der Waals surface area contributed by atoms with E-state index in [0.29, 0.717) is 11.1 Å². The van der Waals surface area contributed by atoms with Crippen LogP contribution in [0.5, 0.6) is 0 Å². The summed E-state index contributed by atoms with van der Waals surface area (Å²) in [7, 11) is 0. The van der Waals surface area contributed by atoms with E-state index in [4.69, 9.17) is 0 Å². The van der Waals surface area contributed by atoms with Crippen molar-refractivity contribution >= 4 is 34.8 Å². The molecule has 0 saturated carbocycles. The Morgan fingerprint density at radius 1 is 0.882 bits per heavy atom. The number of aliphatic carboxylic acids is 1. The van der Waals surface area contributed by atoms with Crippen molar-refractivity contribution < 1.29 is 19.5 Å². The Morgan fingerprint density at radius 2 is 1.53 bits per heavy atom. The topological polar surface area (TPSA) is 111 Å². The fraction of sp³-hybridized carbons (Fsp3) is 0.0741. The van der Waals surface area contributed by atoms with Crippen LogP contribution in [0.4, 0.5) is 0 Å². The van der Waals surface area contributed by atoms with Gasteiger partial charge in [0.2, 0.25) is 0 Å². The fourth-order valence-electron chi connectivity index (χ4n) is 3.61. The van der Waals surface area contributed by atoms with Gasteiger partial charge in [-0.15, -0.1) is 0 Å². The molecule has 0 aliphatic heterocycles. The highest BCUT2D eigenvalue weighted by atomic mass is 16.4. The van der Waals surface area contributed by atoms with Gasteiger partial charge >= 0.3 is 5.97 Å². The average Bonchev–Trinajstić information content (AvgIpc) is 3.27. The van der Waals surface area contributed by atoms with Gasteiger partial charge in [0.05, 0.1) is 0 Å². The second-order valence-electron chi connectivity index (χ2n) is 7.72. The molecule has 0 bridgehead atoms. The number of benzene rings is 3. The molecule has 7 nitrogen and oxygen atoms in total. The predicted molar refractivity (Wildman–Crippen MR) is 130 cm³/mol. The van der Waals surface area contributed by atoms with Gasteiger partial charge in [0.15, 0.2) is 0 Å². The first-order valence-corrected chi connectivity index (χ1v) is 10.7. The summed E-state index contributed by atoms with van der Waals surface area (Å²) >= 11 is 0. The van der Waals surface area contributed by atoms with Crippen LogP contribution >= 0.6 is 0 Å². The van der Waals surface area contributed by atoms with Crippen LogP contribution in [-0.2, 0) is 16.0 Å². The van der Waals surface area contributed by atoms with Crippen LogP contribution in [0.1, 0.15) is 21.5 Å². The van der Waals surface area contributed by atoms with E-state index in [-0.39, 0.29) is 12.1 Å². The molecular weight excluding hydrogens is 430 g/mol. The van der Waals surface area contributed by atoms with Gasteiger partial charge in [-0.3, -0.25) is 9.59 Å². The maximum atomic E-state index is 13.2. The Kier molecular flexibility index (Phi) is 6.84. The van der Waals surface area contributed by atoms with E-state index < -0.39 is 23.8 Å². The molecule has 1 atom stereocenters. The Balaban J connectivity index is 1.58. The normalized spacial score (nSPS) is 12.2. The van der Waals surface area contributed by atoms with E-state index in [9.17, 15) is 19.5 Å². The molecule has 3 aromatic carbocycles. The smallest absolute Gasteiger partial charge is 0.326 e. The molecule has 0 spiro atoms. The van der Waals surface area contributed by atoms with Crippen molar-refractivity contribution in [1.29, 1.82) is 0 Å². The third kappa shape index (κ3) is 5.39. The lowest BCUT2D eigenvalue weighted by Crippen LogP contribution is -2.45. The minimum atomic E-state index is -1.19. The van der Waals surface area contributed by atoms with E-state index in [1.807, 2.05) is 30.3 Å². The van der Waals surface area contributed by atoms with Crippen LogP contribution in [0.15, 0.2) is 96.8 Å². The van der Waals surface area contributed by atoms with Crippen molar-refractivity contribution in [3.63, 3.8) is 0 Å². The SMILES string of the molecule is O=C(N[C@@H](Cc1c[nH]c2ccccc12)C(=O)O)C(=Cc1ccccc1)NC(=O)c1ccccc1. The van der Waals surface area contributed by atoms with Crippen molar-refractivity contribution in [2.45, 2.75) is 12.5 Å². The third-order valence-electron chi connectivity index (χ3n) is 5.34. The van der Waals surface area contributed by atoms with Gasteiger partial charge in [-0.05, 0) is 35.4 Å². The molecule has 4 rings (SSSR count). The Labute approximate surface area is 196 Å². The van der Waals surface area contributed by atoms with Gasteiger partial charge in [0.25, 0.3) is 11.8 Å². The summed E-state index contributed by atoms with van der Waals surface area (Å²) in [6.45, 7) is 0. The molecule has 0 radical (unpaired) electrons. The number of nitrogens with one attached hydrogen (secondary N) is 3. The average molecular weight is 453 g/mol. The molecule has 4 N–H and O–H groups in total. The number of para-hydroxylation sites is 1. The van der Waals surface area contributed by atoms with Gasteiger partial charge in [0, 0.05) is 29.1 Å². The number of hydrogen-bond donors (Lipinski definition) is 4. The lowest BCUT2D eigenvalue weighted by Gasteiger charge is -2.17. The molecule has 0 aliphatic rings. The highest BCUT2D eigenvalue weighted by Gasteiger charge is 2.24. The van der Waals surface area contributed by atoms with Crippen LogP contribution < -0.4 is 10.6 Å². The zero-order chi connectivity index (χ0) is 23.9. The number of H-pyrrole nitrogens is 1. The molecule has 2 amide bonds. The first-order valence-electron chi connectivity index (χ1n) is 10.7. The summed E-state index contributed by atoms with van der Waals surface area (Å²) in [5.74, 6) is -2.34. The summed E-state index contributed by atoms with van der Waals surface area (Å²) in [5.41, 5.74) is 2.66. The number of aromatic amines is 1. The second-order valence-corrected chi connectivity index (χ2v) is 7.72. The molecule has 4 aromatic rings. The summed E-state index contributed by atoms with van der Waals surface area (Å²) in [6.07, 6.45) is 3.34. The maximum absolute atomic E-state index is 13.2. The summed E-state index contributed by atoms with van der Waals surface area (Å²) in [5, 5.41) is 15.9. The molecule has 1 heterocycles. The number of carboxylic acids is 1. The van der Waals surface area contributed by atoms with E-state index in [1.54, 1.807) is 60.8 Å². The van der Waals surface area contributed by atoms with Crippen molar-refractivity contribution in [1.82, 2.24) is 15.6 Å². The van der Waals surface area contributed by atoms with Gasteiger partial charge in [-0.2, -0.15) is 0 Å². The molecule has 1 aromatic heterocycles. The molecule has 0 aliphatic carbocycles. The second kappa shape index (κ2) is 10.3. The number of fused-ring (bicyclic) bond motifs is 1. The van der Waals surface area contributed by atoms with Crippen LogP contribution in [0, 0.1) is 0 Å². The summed E-state index contributed by atoms with van der Waals surface area (Å²) < 4.78 is 0. The first-order chi connectivity index (χ1) is 16.5. The molecule has 170 valence electrons. The fourth-order valence-corrected chi connectivity index (χ4v) is 3.61. The summed E-state index contributed by atoms with van der Waals surface area (Å²) in [4.78, 5) is 41.0. The van der Waals surface area contributed by atoms with Crippen molar-refractivity contribution in [2.24, 2.45) is 0 Å². The monoisotopic (exact) mass is 453 g/mol. The Bertz CT molecular complexity index is 1340. The van der Waals surface area contributed by atoms with E-state index in [1.165, 1.54) is 6.08 Å². The lowest BCUT2D eigenvalue weighted by molar-refractivity contribution is -0.141. The minimum Gasteiger partial charge on any atom is -0.480 e. The number of carbonyl (C=O) groups is 3. The highest BCUT2D eigenvalue weighted by molar-refractivity contribution is 6.06. The van der Waals surface area contributed by atoms with Crippen LogP contribution in [-0.4, -0.2) is 33.9 Å². The molecule has 0 unspecified atom stereocenters. The molecule has 0 saturated heterocycles. The number of hydrogen-bond acceptors (Lipinski definition) is 3. The number of rotatable bonds is 8. The highest BCUT2D eigenvalue weighted by Crippen LogP contribution is 2.19. The van der Waals surface area contributed by atoms with Crippen molar-refractivity contribution in [2.75, 3.05) is 0 Å².